The fourth-order valence-electron chi connectivity index (χ4n) is 1.46. The zero-order valence-electron chi connectivity index (χ0n) is 10.3. The van der Waals surface area contributed by atoms with Crippen molar-refractivity contribution in [2.75, 3.05) is 6.61 Å². The van der Waals surface area contributed by atoms with Crippen LogP contribution in [0.5, 0.6) is 0 Å². The van der Waals surface area contributed by atoms with Crippen molar-refractivity contribution in [2.24, 2.45) is 17.1 Å². The molecule has 0 radical (unpaired) electrons. The summed E-state index contributed by atoms with van der Waals surface area (Å²) in [6.45, 7) is 8.64. The van der Waals surface area contributed by atoms with Gasteiger partial charge in [0.1, 0.15) is 5.54 Å². The first-order valence-electron chi connectivity index (χ1n) is 5.69. The smallest absolute Gasteiger partial charge is 0.326 e. The Labute approximate surface area is 92.4 Å². The van der Waals surface area contributed by atoms with Gasteiger partial charge in [0, 0.05) is 0 Å². The molecule has 0 bridgehead atoms. The van der Waals surface area contributed by atoms with Gasteiger partial charge in [0.2, 0.25) is 0 Å². The molecule has 2 N–H and O–H groups in total. The number of carbonyl (C=O) groups excluding carboxylic acids is 1. The van der Waals surface area contributed by atoms with Gasteiger partial charge in [0.05, 0.1) is 6.61 Å². The third-order valence-electron chi connectivity index (χ3n) is 2.95. The molecule has 1 saturated carbocycles. The van der Waals surface area contributed by atoms with Gasteiger partial charge in [-0.3, -0.25) is 4.79 Å². The number of hydrogen-bond acceptors (Lipinski definition) is 3. The van der Waals surface area contributed by atoms with Gasteiger partial charge in [-0.15, -0.1) is 0 Å². The first kappa shape index (κ1) is 12.5. The van der Waals surface area contributed by atoms with E-state index < -0.39 is 5.54 Å². The standard InChI is InChI=1S/C12H23NO2/c1-11(2,3)7-8-15-10(14)12(4,13)9-5-6-9/h9H,5-8,13H2,1-4H3. The number of hydrogen-bond donors (Lipinski definition) is 1. The topological polar surface area (TPSA) is 52.3 Å². The van der Waals surface area contributed by atoms with Crippen LogP contribution in [0.2, 0.25) is 0 Å². The van der Waals surface area contributed by atoms with Gasteiger partial charge in [0.25, 0.3) is 0 Å². The molecular weight excluding hydrogens is 190 g/mol. The van der Waals surface area contributed by atoms with Gasteiger partial charge >= 0.3 is 5.97 Å². The predicted octanol–water partition coefficient (Wildman–Crippen LogP) is 2.09. The molecule has 0 saturated heterocycles. The summed E-state index contributed by atoms with van der Waals surface area (Å²) < 4.78 is 5.22. The molecule has 1 atom stereocenters. The molecule has 3 heteroatoms. The van der Waals surface area contributed by atoms with Crippen LogP contribution >= 0.6 is 0 Å². The van der Waals surface area contributed by atoms with Gasteiger partial charge in [-0.2, -0.15) is 0 Å². The molecule has 1 aliphatic rings. The summed E-state index contributed by atoms with van der Waals surface area (Å²) in [7, 11) is 0. The maximum absolute atomic E-state index is 11.7. The molecule has 3 nitrogen and oxygen atoms in total. The van der Waals surface area contributed by atoms with E-state index in [-0.39, 0.29) is 11.4 Å². The number of rotatable bonds is 4. The van der Waals surface area contributed by atoms with Crippen LogP contribution in [0.3, 0.4) is 0 Å². The quantitative estimate of drug-likeness (QED) is 0.727. The number of esters is 1. The average Bonchev–Trinajstić information content (AvgIpc) is 2.83. The van der Waals surface area contributed by atoms with Crippen molar-refractivity contribution in [1.82, 2.24) is 0 Å². The monoisotopic (exact) mass is 213 g/mol. The minimum Gasteiger partial charge on any atom is -0.464 e. The Hall–Kier alpha value is -0.570. The molecule has 0 aromatic rings. The van der Waals surface area contributed by atoms with Crippen molar-refractivity contribution in [2.45, 2.75) is 52.5 Å². The summed E-state index contributed by atoms with van der Waals surface area (Å²) in [5, 5.41) is 0. The maximum atomic E-state index is 11.7. The van der Waals surface area contributed by atoms with Crippen LogP contribution in [-0.2, 0) is 9.53 Å². The van der Waals surface area contributed by atoms with E-state index in [9.17, 15) is 4.79 Å². The summed E-state index contributed by atoms with van der Waals surface area (Å²) in [6.07, 6.45) is 2.99. The van der Waals surface area contributed by atoms with Crippen LogP contribution in [-0.4, -0.2) is 18.1 Å². The highest BCUT2D eigenvalue weighted by Gasteiger charge is 2.45. The third kappa shape index (κ3) is 3.82. The lowest BCUT2D eigenvalue weighted by Crippen LogP contribution is -2.48. The molecule has 0 amide bonds. The number of nitrogens with two attached hydrogens (primary N) is 1. The average molecular weight is 213 g/mol. The van der Waals surface area contributed by atoms with Gasteiger partial charge in [-0.1, -0.05) is 20.8 Å². The predicted molar refractivity (Wildman–Crippen MR) is 60.3 cm³/mol. The third-order valence-corrected chi connectivity index (χ3v) is 2.95. The van der Waals surface area contributed by atoms with Gasteiger partial charge in [-0.25, -0.2) is 0 Å². The molecule has 1 aliphatic carbocycles. The van der Waals surface area contributed by atoms with Crippen molar-refractivity contribution in [3.05, 3.63) is 0 Å². The molecule has 1 rings (SSSR count). The summed E-state index contributed by atoms with van der Waals surface area (Å²) >= 11 is 0. The summed E-state index contributed by atoms with van der Waals surface area (Å²) in [4.78, 5) is 11.7. The molecule has 0 spiro atoms. The highest BCUT2D eigenvalue weighted by Crippen LogP contribution is 2.38. The fourth-order valence-corrected chi connectivity index (χ4v) is 1.46. The first-order chi connectivity index (χ1) is 6.73. The van der Waals surface area contributed by atoms with Crippen LogP contribution in [0.1, 0.15) is 47.0 Å². The lowest BCUT2D eigenvalue weighted by Gasteiger charge is -2.24. The normalized spacial score (nSPS) is 20.9. The summed E-state index contributed by atoms with van der Waals surface area (Å²) in [5.74, 6) is 0.0916. The maximum Gasteiger partial charge on any atom is 0.326 e. The second kappa shape index (κ2) is 4.12. The zero-order chi connectivity index (χ0) is 11.7. The van der Waals surface area contributed by atoms with E-state index in [1.54, 1.807) is 6.92 Å². The minimum atomic E-state index is -0.766. The van der Waals surface area contributed by atoms with E-state index in [0.717, 1.165) is 19.3 Å². The van der Waals surface area contributed by atoms with Crippen molar-refractivity contribution < 1.29 is 9.53 Å². The SMILES string of the molecule is CC(C)(C)CCOC(=O)C(C)(N)C1CC1. The van der Waals surface area contributed by atoms with E-state index in [1.165, 1.54) is 0 Å². The van der Waals surface area contributed by atoms with E-state index in [4.69, 9.17) is 10.5 Å². The number of ether oxygens (including phenoxy) is 1. The molecule has 1 unspecified atom stereocenters. The van der Waals surface area contributed by atoms with E-state index in [1.807, 2.05) is 0 Å². The van der Waals surface area contributed by atoms with Gasteiger partial charge in [-0.05, 0) is 37.5 Å². The molecule has 0 heterocycles. The molecule has 15 heavy (non-hydrogen) atoms. The number of carbonyl (C=O) groups is 1. The largest absolute Gasteiger partial charge is 0.464 e. The van der Waals surface area contributed by atoms with E-state index in [2.05, 4.69) is 20.8 Å². The Kier molecular flexibility index (Phi) is 3.44. The van der Waals surface area contributed by atoms with Crippen LogP contribution in [0, 0.1) is 11.3 Å². The highest BCUT2D eigenvalue weighted by atomic mass is 16.5. The van der Waals surface area contributed by atoms with Crippen molar-refractivity contribution in [3.63, 3.8) is 0 Å². The Morgan fingerprint density at radius 2 is 1.87 bits per heavy atom. The van der Waals surface area contributed by atoms with Crippen LogP contribution in [0.4, 0.5) is 0 Å². The van der Waals surface area contributed by atoms with Crippen LogP contribution in [0.15, 0.2) is 0 Å². The van der Waals surface area contributed by atoms with E-state index >= 15 is 0 Å². The second-order valence-electron chi connectivity index (χ2n) is 6.00. The molecule has 0 aromatic carbocycles. The second-order valence-corrected chi connectivity index (χ2v) is 6.00. The van der Waals surface area contributed by atoms with E-state index in [0.29, 0.717) is 12.5 Å². The van der Waals surface area contributed by atoms with Crippen molar-refractivity contribution in [1.29, 1.82) is 0 Å². The summed E-state index contributed by atoms with van der Waals surface area (Å²) in [6, 6.07) is 0. The molecular formula is C12H23NO2. The molecule has 88 valence electrons. The Morgan fingerprint density at radius 1 is 1.33 bits per heavy atom. The van der Waals surface area contributed by atoms with Crippen molar-refractivity contribution in [3.8, 4) is 0 Å². The molecule has 0 aromatic heterocycles. The fraction of sp³-hybridized carbons (Fsp3) is 0.917. The van der Waals surface area contributed by atoms with Gasteiger partial charge < -0.3 is 10.5 Å². The molecule has 1 fully saturated rings. The Bertz CT molecular complexity index is 236. The first-order valence-corrected chi connectivity index (χ1v) is 5.69. The molecule has 0 aliphatic heterocycles. The Morgan fingerprint density at radius 3 is 2.27 bits per heavy atom. The van der Waals surface area contributed by atoms with Crippen LogP contribution in [0.25, 0.3) is 0 Å². The van der Waals surface area contributed by atoms with Gasteiger partial charge in [0.15, 0.2) is 0 Å². The lowest BCUT2D eigenvalue weighted by atomic mass is 9.93. The lowest BCUT2D eigenvalue weighted by molar-refractivity contribution is -0.151. The highest BCUT2D eigenvalue weighted by molar-refractivity contribution is 5.80. The Balaban J connectivity index is 2.29. The zero-order valence-corrected chi connectivity index (χ0v) is 10.3. The van der Waals surface area contributed by atoms with Crippen LogP contribution < -0.4 is 5.73 Å². The summed E-state index contributed by atoms with van der Waals surface area (Å²) in [5.41, 5.74) is 5.37. The minimum absolute atomic E-state index is 0.199. The van der Waals surface area contributed by atoms with Crippen molar-refractivity contribution >= 4 is 5.97 Å².